The molecular formula is C18H19ClF2N2O. The molecule has 0 radical (unpaired) electrons. The molecule has 0 heterocycles. The summed E-state index contributed by atoms with van der Waals surface area (Å²) in [6.45, 7) is 0.747. The lowest BCUT2D eigenvalue weighted by Crippen LogP contribution is -2.36. The van der Waals surface area contributed by atoms with Gasteiger partial charge in [-0.25, -0.2) is 8.78 Å². The zero-order chi connectivity index (χ0) is 17.7. The molecule has 1 amide bonds. The first kappa shape index (κ1) is 18.4. The topological polar surface area (TPSA) is 23.6 Å². The van der Waals surface area contributed by atoms with E-state index in [0.29, 0.717) is 17.1 Å². The summed E-state index contributed by atoms with van der Waals surface area (Å²) in [4.78, 5) is 15.5. The Morgan fingerprint density at radius 2 is 1.71 bits per heavy atom. The molecule has 0 fully saturated rings. The zero-order valence-electron chi connectivity index (χ0n) is 13.6. The molecule has 2 aromatic carbocycles. The number of likely N-dealkylation sites (N-methyl/N-ethyl adjacent to an activating group) is 2. The molecule has 2 rings (SSSR count). The molecule has 6 heteroatoms. The van der Waals surface area contributed by atoms with Crippen LogP contribution >= 0.6 is 11.6 Å². The lowest BCUT2D eigenvalue weighted by atomic mass is 10.2. The Kier molecular flexibility index (Phi) is 6.29. The summed E-state index contributed by atoms with van der Waals surface area (Å²) >= 11 is 6.00. The molecule has 0 saturated carbocycles. The first-order chi connectivity index (χ1) is 11.4. The third kappa shape index (κ3) is 5.01. The van der Waals surface area contributed by atoms with Gasteiger partial charge in [-0.2, -0.15) is 0 Å². The summed E-state index contributed by atoms with van der Waals surface area (Å²) in [6, 6.07) is 10.5. The third-order valence-corrected chi connectivity index (χ3v) is 4.01. The predicted octanol–water partition coefficient (Wildman–Crippen LogP) is 3.71. The summed E-state index contributed by atoms with van der Waals surface area (Å²) in [6.07, 6.45) is 0. The Bertz CT molecular complexity index is 686. The van der Waals surface area contributed by atoms with Crippen LogP contribution in [0.3, 0.4) is 0 Å². The van der Waals surface area contributed by atoms with E-state index in [4.69, 9.17) is 11.6 Å². The molecule has 0 aliphatic rings. The minimum absolute atomic E-state index is 0.116. The monoisotopic (exact) mass is 352 g/mol. The lowest BCUT2D eigenvalue weighted by molar-refractivity contribution is -0.131. The van der Waals surface area contributed by atoms with E-state index in [1.54, 1.807) is 48.2 Å². The van der Waals surface area contributed by atoms with E-state index in [1.165, 1.54) is 18.2 Å². The Labute approximate surface area is 145 Å². The molecule has 0 aromatic heterocycles. The SMILES string of the molecule is CN(CC(=O)N(C)Cc1ccc(F)cc1)Cc1c(F)cccc1Cl. The van der Waals surface area contributed by atoms with Crippen molar-refractivity contribution in [3.8, 4) is 0 Å². The maximum atomic E-state index is 13.8. The number of amides is 1. The molecule has 0 aliphatic heterocycles. The van der Waals surface area contributed by atoms with Gasteiger partial charge < -0.3 is 4.90 Å². The summed E-state index contributed by atoms with van der Waals surface area (Å²) in [5.74, 6) is -0.815. The van der Waals surface area contributed by atoms with Gasteiger partial charge in [0, 0.05) is 30.7 Å². The van der Waals surface area contributed by atoms with Gasteiger partial charge in [0.15, 0.2) is 0 Å². The number of hydrogen-bond acceptors (Lipinski definition) is 2. The number of rotatable bonds is 6. The van der Waals surface area contributed by atoms with Gasteiger partial charge in [-0.15, -0.1) is 0 Å². The van der Waals surface area contributed by atoms with Crippen molar-refractivity contribution in [2.24, 2.45) is 0 Å². The van der Waals surface area contributed by atoms with E-state index in [2.05, 4.69) is 0 Å². The molecule has 0 saturated heterocycles. The predicted molar refractivity (Wildman–Crippen MR) is 90.6 cm³/mol. The second kappa shape index (κ2) is 8.22. The first-order valence-electron chi connectivity index (χ1n) is 7.46. The second-order valence-electron chi connectivity index (χ2n) is 5.75. The van der Waals surface area contributed by atoms with E-state index >= 15 is 0 Å². The van der Waals surface area contributed by atoms with E-state index in [-0.39, 0.29) is 30.6 Å². The Morgan fingerprint density at radius 1 is 1.04 bits per heavy atom. The smallest absolute Gasteiger partial charge is 0.236 e. The van der Waals surface area contributed by atoms with Crippen molar-refractivity contribution in [3.05, 3.63) is 70.2 Å². The van der Waals surface area contributed by atoms with Gasteiger partial charge in [0.2, 0.25) is 5.91 Å². The average molecular weight is 353 g/mol. The Hall–Kier alpha value is -1.98. The van der Waals surface area contributed by atoms with Crippen molar-refractivity contribution in [2.45, 2.75) is 13.1 Å². The summed E-state index contributed by atoms with van der Waals surface area (Å²) in [5.41, 5.74) is 1.21. The molecule has 0 aliphatic carbocycles. The fourth-order valence-corrected chi connectivity index (χ4v) is 2.54. The van der Waals surface area contributed by atoms with Crippen molar-refractivity contribution in [1.29, 1.82) is 0 Å². The summed E-state index contributed by atoms with van der Waals surface area (Å²) in [5, 5.41) is 0.342. The van der Waals surface area contributed by atoms with Crippen LogP contribution in [-0.4, -0.2) is 36.3 Å². The number of hydrogen-bond donors (Lipinski definition) is 0. The molecule has 2 aromatic rings. The third-order valence-electron chi connectivity index (χ3n) is 3.65. The van der Waals surface area contributed by atoms with E-state index in [9.17, 15) is 13.6 Å². The molecular weight excluding hydrogens is 334 g/mol. The number of carbonyl (C=O) groups excluding carboxylic acids is 1. The van der Waals surface area contributed by atoms with Crippen LogP contribution < -0.4 is 0 Å². The van der Waals surface area contributed by atoms with Gasteiger partial charge in [-0.1, -0.05) is 29.8 Å². The highest BCUT2D eigenvalue weighted by Crippen LogP contribution is 2.20. The molecule has 0 atom stereocenters. The van der Waals surface area contributed by atoms with E-state index in [1.807, 2.05) is 0 Å². The Morgan fingerprint density at radius 3 is 2.33 bits per heavy atom. The number of nitrogens with zero attached hydrogens (tertiary/aromatic N) is 2. The van der Waals surface area contributed by atoms with Gasteiger partial charge in [0.1, 0.15) is 11.6 Å². The molecule has 128 valence electrons. The number of halogens is 3. The fourth-order valence-electron chi connectivity index (χ4n) is 2.31. The molecule has 24 heavy (non-hydrogen) atoms. The maximum absolute atomic E-state index is 13.8. The highest BCUT2D eigenvalue weighted by molar-refractivity contribution is 6.31. The van der Waals surface area contributed by atoms with Gasteiger partial charge in [0.05, 0.1) is 6.54 Å². The van der Waals surface area contributed by atoms with Crippen LogP contribution in [0.4, 0.5) is 8.78 Å². The van der Waals surface area contributed by atoms with Crippen LogP contribution in [0.2, 0.25) is 5.02 Å². The lowest BCUT2D eigenvalue weighted by Gasteiger charge is -2.22. The van der Waals surface area contributed by atoms with Gasteiger partial charge in [0.25, 0.3) is 0 Å². The van der Waals surface area contributed by atoms with Crippen molar-refractivity contribution >= 4 is 17.5 Å². The molecule has 0 bridgehead atoms. The van der Waals surface area contributed by atoms with E-state index in [0.717, 1.165) is 5.56 Å². The standard InChI is InChI=1S/C18H19ClF2N2O/c1-22(11-15-16(19)4-3-5-17(15)21)12-18(24)23(2)10-13-6-8-14(20)9-7-13/h3-9H,10-12H2,1-2H3. The minimum Gasteiger partial charge on any atom is -0.340 e. The molecule has 0 spiro atoms. The van der Waals surface area contributed by atoms with Crippen LogP contribution in [0.15, 0.2) is 42.5 Å². The van der Waals surface area contributed by atoms with Crippen LogP contribution in [0.5, 0.6) is 0 Å². The number of benzene rings is 2. The van der Waals surface area contributed by atoms with Crippen molar-refractivity contribution in [3.63, 3.8) is 0 Å². The Balaban J connectivity index is 1.92. The largest absolute Gasteiger partial charge is 0.340 e. The summed E-state index contributed by atoms with van der Waals surface area (Å²) in [7, 11) is 3.40. The first-order valence-corrected chi connectivity index (χ1v) is 7.84. The zero-order valence-corrected chi connectivity index (χ0v) is 14.4. The molecule has 3 nitrogen and oxygen atoms in total. The van der Waals surface area contributed by atoms with Gasteiger partial charge in [-0.3, -0.25) is 9.69 Å². The highest BCUT2D eigenvalue weighted by atomic mass is 35.5. The van der Waals surface area contributed by atoms with Crippen LogP contribution in [0, 0.1) is 11.6 Å². The van der Waals surface area contributed by atoms with Crippen molar-refractivity contribution in [1.82, 2.24) is 9.80 Å². The average Bonchev–Trinajstić information content (AvgIpc) is 2.53. The molecule has 0 unspecified atom stereocenters. The van der Waals surface area contributed by atoms with Crippen LogP contribution in [-0.2, 0) is 17.9 Å². The van der Waals surface area contributed by atoms with Crippen molar-refractivity contribution < 1.29 is 13.6 Å². The van der Waals surface area contributed by atoms with Crippen LogP contribution in [0.1, 0.15) is 11.1 Å². The second-order valence-corrected chi connectivity index (χ2v) is 6.16. The van der Waals surface area contributed by atoms with E-state index < -0.39 is 0 Å². The fraction of sp³-hybridized carbons (Fsp3) is 0.278. The minimum atomic E-state index is -0.388. The quantitative estimate of drug-likeness (QED) is 0.791. The maximum Gasteiger partial charge on any atom is 0.236 e. The summed E-state index contributed by atoms with van der Waals surface area (Å²) < 4.78 is 26.7. The van der Waals surface area contributed by atoms with Crippen LogP contribution in [0.25, 0.3) is 0 Å². The highest BCUT2D eigenvalue weighted by Gasteiger charge is 2.15. The normalized spacial score (nSPS) is 10.9. The number of carbonyl (C=O) groups is 1. The van der Waals surface area contributed by atoms with Gasteiger partial charge >= 0.3 is 0 Å². The van der Waals surface area contributed by atoms with Crippen molar-refractivity contribution in [2.75, 3.05) is 20.6 Å². The molecule has 0 N–H and O–H groups in total. The van der Waals surface area contributed by atoms with Gasteiger partial charge in [-0.05, 0) is 36.9 Å².